The average Bonchev–Trinajstić information content (AvgIpc) is 3.11. The molecular formula is C24H24N2O10S2. The van der Waals surface area contributed by atoms with Crippen LogP contribution >= 0.6 is 11.8 Å². The first-order valence-corrected chi connectivity index (χ1v) is 13.4. The van der Waals surface area contributed by atoms with Crippen molar-refractivity contribution in [2.75, 3.05) is 13.7 Å². The Bertz CT molecular complexity index is 1440. The molecule has 1 aliphatic rings. The number of nitrogens with zero attached hydrogens (tertiary/aromatic N) is 2. The Hall–Kier alpha value is -3.91. The van der Waals surface area contributed by atoms with E-state index in [-0.39, 0.29) is 33.8 Å². The highest BCUT2D eigenvalue weighted by Gasteiger charge is 2.37. The summed E-state index contributed by atoms with van der Waals surface area (Å²) in [5, 5.41) is 10.6. The normalized spacial score (nSPS) is 15.5. The van der Waals surface area contributed by atoms with Gasteiger partial charge < -0.3 is 13.7 Å². The van der Waals surface area contributed by atoms with Gasteiger partial charge in [0.25, 0.3) is 16.8 Å². The lowest BCUT2D eigenvalue weighted by atomic mass is 10.2. The standard InChI is InChI=1S/C24H24N2O10S2/c1-5-15(3)35-22(27)13-25-23(28)21(37-24(25)29)11-16-7-9-19(20(10-16)34-4)36-38(32,33)17-8-6-14(2)18(12-17)26(30)31/h6-12,15H,5,13H2,1-4H3/b21-11-/t15-/m1/s1. The van der Waals surface area contributed by atoms with Gasteiger partial charge in [0.15, 0.2) is 11.5 Å². The second-order valence-electron chi connectivity index (χ2n) is 8.13. The molecule has 0 aliphatic carbocycles. The van der Waals surface area contributed by atoms with Gasteiger partial charge in [-0.3, -0.25) is 29.4 Å². The number of aryl methyl sites for hydroxylation is 1. The molecule has 2 amide bonds. The maximum Gasteiger partial charge on any atom is 0.339 e. The quantitative estimate of drug-likeness (QED) is 0.135. The number of amides is 2. The summed E-state index contributed by atoms with van der Waals surface area (Å²) in [5.41, 5.74) is 0.289. The lowest BCUT2D eigenvalue weighted by molar-refractivity contribution is -0.385. The van der Waals surface area contributed by atoms with Crippen molar-refractivity contribution >= 4 is 50.8 Å². The number of benzene rings is 2. The van der Waals surface area contributed by atoms with Crippen LogP contribution in [0.5, 0.6) is 11.5 Å². The average molecular weight is 565 g/mol. The molecule has 2 aromatic carbocycles. The molecule has 0 spiro atoms. The molecule has 1 heterocycles. The highest BCUT2D eigenvalue weighted by atomic mass is 32.2. The Kier molecular flexibility index (Phi) is 8.78. The minimum Gasteiger partial charge on any atom is -0.493 e. The monoisotopic (exact) mass is 564 g/mol. The number of rotatable bonds is 10. The first-order valence-electron chi connectivity index (χ1n) is 11.2. The molecule has 2 aromatic rings. The Morgan fingerprint density at radius 1 is 1.18 bits per heavy atom. The van der Waals surface area contributed by atoms with Crippen LogP contribution in [0.4, 0.5) is 10.5 Å². The number of carbonyl (C=O) groups excluding carboxylic acids is 3. The van der Waals surface area contributed by atoms with Crippen LogP contribution in [0, 0.1) is 17.0 Å². The Morgan fingerprint density at radius 3 is 2.53 bits per heavy atom. The van der Waals surface area contributed by atoms with Crippen LogP contribution in [-0.4, -0.2) is 55.1 Å². The lowest BCUT2D eigenvalue weighted by Crippen LogP contribution is -2.35. The van der Waals surface area contributed by atoms with Gasteiger partial charge in [-0.2, -0.15) is 8.42 Å². The number of hydrogen-bond acceptors (Lipinski definition) is 11. The third kappa shape index (κ3) is 6.50. The van der Waals surface area contributed by atoms with Gasteiger partial charge >= 0.3 is 16.1 Å². The van der Waals surface area contributed by atoms with Crippen LogP contribution in [0.15, 0.2) is 46.2 Å². The van der Waals surface area contributed by atoms with Crippen LogP contribution in [0.1, 0.15) is 31.4 Å². The zero-order valence-corrected chi connectivity index (χ0v) is 22.5. The Balaban J connectivity index is 1.81. The van der Waals surface area contributed by atoms with Crippen molar-refractivity contribution in [1.82, 2.24) is 4.90 Å². The van der Waals surface area contributed by atoms with Gasteiger partial charge in [-0.25, -0.2) is 0 Å². The molecule has 0 saturated carbocycles. The largest absolute Gasteiger partial charge is 0.493 e. The minimum atomic E-state index is -4.45. The van der Waals surface area contributed by atoms with E-state index in [1.807, 2.05) is 6.92 Å². The van der Waals surface area contributed by atoms with E-state index in [9.17, 15) is 32.9 Å². The fraction of sp³-hybridized carbons (Fsp3) is 0.292. The van der Waals surface area contributed by atoms with Gasteiger partial charge in [-0.1, -0.05) is 19.1 Å². The molecule has 0 N–H and O–H groups in total. The van der Waals surface area contributed by atoms with E-state index in [0.717, 1.165) is 11.0 Å². The number of methoxy groups -OCH3 is 1. The highest BCUT2D eigenvalue weighted by Crippen LogP contribution is 2.36. The van der Waals surface area contributed by atoms with Crippen LogP contribution in [-0.2, 0) is 24.4 Å². The maximum absolute atomic E-state index is 12.8. The second kappa shape index (κ2) is 11.6. The van der Waals surface area contributed by atoms with Crippen molar-refractivity contribution in [1.29, 1.82) is 0 Å². The van der Waals surface area contributed by atoms with Crippen molar-refractivity contribution in [2.24, 2.45) is 0 Å². The number of thioether (sulfide) groups is 1. The molecule has 1 atom stereocenters. The highest BCUT2D eigenvalue weighted by molar-refractivity contribution is 8.18. The fourth-order valence-electron chi connectivity index (χ4n) is 3.21. The van der Waals surface area contributed by atoms with E-state index < -0.39 is 43.6 Å². The summed E-state index contributed by atoms with van der Waals surface area (Å²) in [6.45, 7) is 4.49. The smallest absolute Gasteiger partial charge is 0.339 e. The van der Waals surface area contributed by atoms with Crippen molar-refractivity contribution < 1.29 is 41.4 Å². The summed E-state index contributed by atoms with van der Waals surface area (Å²) in [4.78, 5) is 47.9. The van der Waals surface area contributed by atoms with E-state index in [1.165, 1.54) is 50.4 Å². The molecular weight excluding hydrogens is 540 g/mol. The van der Waals surface area contributed by atoms with Crippen molar-refractivity contribution in [3.63, 3.8) is 0 Å². The molecule has 3 rings (SSSR count). The van der Waals surface area contributed by atoms with Crippen molar-refractivity contribution in [3.05, 3.63) is 62.5 Å². The molecule has 38 heavy (non-hydrogen) atoms. The molecule has 0 radical (unpaired) electrons. The molecule has 202 valence electrons. The van der Waals surface area contributed by atoms with Gasteiger partial charge in [0.05, 0.1) is 23.0 Å². The zero-order valence-electron chi connectivity index (χ0n) is 20.8. The molecule has 0 aromatic heterocycles. The molecule has 1 fully saturated rings. The van der Waals surface area contributed by atoms with Crippen molar-refractivity contribution in [2.45, 2.75) is 38.2 Å². The Morgan fingerprint density at radius 2 is 1.89 bits per heavy atom. The molecule has 14 heteroatoms. The molecule has 0 bridgehead atoms. The number of hydrogen-bond donors (Lipinski definition) is 0. The number of ether oxygens (including phenoxy) is 2. The van der Waals surface area contributed by atoms with Gasteiger partial charge in [-0.15, -0.1) is 0 Å². The first-order chi connectivity index (χ1) is 17.9. The summed E-state index contributed by atoms with van der Waals surface area (Å²) < 4.78 is 41.1. The van der Waals surface area contributed by atoms with Crippen LogP contribution < -0.4 is 8.92 Å². The molecule has 12 nitrogen and oxygen atoms in total. The summed E-state index contributed by atoms with van der Waals surface area (Å²) in [7, 11) is -3.18. The SMILES string of the molecule is CC[C@@H](C)OC(=O)CN1C(=O)S/C(=C\c2ccc(OS(=O)(=O)c3ccc(C)c([N+](=O)[O-])c3)c(OC)c2)C1=O. The predicted molar refractivity (Wildman–Crippen MR) is 137 cm³/mol. The topological polar surface area (TPSA) is 159 Å². The molecule has 1 aliphatic heterocycles. The van der Waals surface area contributed by atoms with E-state index >= 15 is 0 Å². The number of imide groups is 1. The summed E-state index contributed by atoms with van der Waals surface area (Å²) in [6.07, 6.45) is 1.62. The summed E-state index contributed by atoms with van der Waals surface area (Å²) in [6, 6.07) is 7.47. The van der Waals surface area contributed by atoms with E-state index in [1.54, 1.807) is 6.92 Å². The van der Waals surface area contributed by atoms with Gasteiger partial charge in [0.1, 0.15) is 11.4 Å². The number of nitro benzene ring substituents is 1. The van der Waals surface area contributed by atoms with Crippen LogP contribution in [0.3, 0.4) is 0 Å². The lowest BCUT2D eigenvalue weighted by Gasteiger charge is -2.14. The number of nitro groups is 1. The summed E-state index contributed by atoms with van der Waals surface area (Å²) in [5.74, 6) is -1.59. The molecule has 0 unspecified atom stereocenters. The number of carbonyl (C=O) groups is 3. The zero-order chi connectivity index (χ0) is 28.2. The third-order valence-corrected chi connectivity index (χ3v) is 7.56. The van der Waals surface area contributed by atoms with Gasteiger partial charge in [-0.05, 0) is 61.9 Å². The fourth-order valence-corrected chi connectivity index (χ4v) is 5.01. The number of esters is 1. The first kappa shape index (κ1) is 28.7. The van der Waals surface area contributed by atoms with Crippen LogP contribution in [0.25, 0.3) is 6.08 Å². The van der Waals surface area contributed by atoms with E-state index in [4.69, 9.17) is 13.7 Å². The van der Waals surface area contributed by atoms with Gasteiger partial charge in [0, 0.05) is 11.6 Å². The van der Waals surface area contributed by atoms with Gasteiger partial charge in [0.2, 0.25) is 0 Å². The van der Waals surface area contributed by atoms with Crippen LogP contribution in [0.2, 0.25) is 0 Å². The minimum absolute atomic E-state index is 0.0136. The predicted octanol–water partition coefficient (Wildman–Crippen LogP) is 4.06. The van der Waals surface area contributed by atoms with E-state index in [0.29, 0.717) is 23.7 Å². The van der Waals surface area contributed by atoms with E-state index in [2.05, 4.69) is 0 Å². The van der Waals surface area contributed by atoms with Crippen molar-refractivity contribution in [3.8, 4) is 11.5 Å². The summed E-state index contributed by atoms with van der Waals surface area (Å²) >= 11 is 0.641. The maximum atomic E-state index is 12.8. The third-order valence-electron chi connectivity index (χ3n) is 5.42. The molecule has 1 saturated heterocycles. The Labute approximate surface area is 222 Å². The second-order valence-corrected chi connectivity index (χ2v) is 10.7.